The van der Waals surface area contributed by atoms with Gasteiger partial charge >= 0.3 is 0 Å². The second-order valence-corrected chi connectivity index (χ2v) is 11.6. The molecular weight excluding hydrogens is 615 g/mol. The van der Waals surface area contributed by atoms with Crippen LogP contribution in [0.1, 0.15) is 29.7 Å². The van der Waals surface area contributed by atoms with Crippen molar-refractivity contribution < 1.29 is 18.6 Å². The van der Waals surface area contributed by atoms with Crippen LogP contribution in [-0.4, -0.2) is 53.6 Å². The van der Waals surface area contributed by atoms with Gasteiger partial charge in [0.15, 0.2) is 16.1 Å². The van der Waals surface area contributed by atoms with Crippen LogP contribution >= 0.6 is 23.4 Å². The van der Waals surface area contributed by atoms with Crippen LogP contribution in [0.3, 0.4) is 0 Å². The number of benzene rings is 2. The van der Waals surface area contributed by atoms with Gasteiger partial charge in [-0.3, -0.25) is 0 Å². The number of rotatable bonds is 10. The Labute approximate surface area is 270 Å². The smallest absolute Gasteiger partial charge is 0.228 e. The van der Waals surface area contributed by atoms with E-state index in [0.717, 1.165) is 34.0 Å². The third-order valence-electron chi connectivity index (χ3n) is 7.80. The van der Waals surface area contributed by atoms with Gasteiger partial charge in [-0.1, -0.05) is 53.7 Å². The third-order valence-corrected chi connectivity index (χ3v) is 8.59. The van der Waals surface area contributed by atoms with Crippen LogP contribution in [0.4, 0.5) is 16.0 Å². The van der Waals surface area contributed by atoms with Crippen LogP contribution in [0.25, 0.3) is 10.9 Å². The fourth-order valence-electron chi connectivity index (χ4n) is 5.48. The van der Waals surface area contributed by atoms with Crippen molar-refractivity contribution in [3.8, 4) is 17.4 Å². The van der Waals surface area contributed by atoms with Crippen LogP contribution in [0, 0.1) is 5.82 Å². The first kappa shape index (κ1) is 30.7. The van der Waals surface area contributed by atoms with Gasteiger partial charge in [-0.25, -0.2) is 19.3 Å². The van der Waals surface area contributed by atoms with Crippen LogP contribution in [0.2, 0.25) is 5.15 Å². The van der Waals surface area contributed by atoms with E-state index in [4.69, 9.17) is 35.8 Å². The van der Waals surface area contributed by atoms with Crippen molar-refractivity contribution >= 4 is 45.9 Å². The summed E-state index contributed by atoms with van der Waals surface area (Å²) in [6, 6.07) is 19.8. The summed E-state index contributed by atoms with van der Waals surface area (Å²) in [4.78, 5) is 22.8. The first-order chi connectivity index (χ1) is 21.9. The summed E-state index contributed by atoms with van der Waals surface area (Å²) < 4.78 is 32.0. The summed E-state index contributed by atoms with van der Waals surface area (Å²) in [7, 11) is 3.32. The van der Waals surface area contributed by atoms with Crippen molar-refractivity contribution in [2.24, 2.45) is 0 Å². The van der Waals surface area contributed by atoms with E-state index in [1.54, 1.807) is 20.4 Å². The van der Waals surface area contributed by atoms with Crippen molar-refractivity contribution in [2.75, 3.05) is 43.4 Å². The molecule has 0 N–H and O–H groups in total. The number of hydrogen-bond donors (Lipinski definition) is 0. The number of thioether (sulfide) groups is 1. The lowest BCUT2D eigenvalue weighted by atomic mass is 10.1. The standard InChI is InChI=1S/C33H32ClFN6O3S/c1-20(41-16-17-44-32-26-28(27(35)29(34)38-32)37-33(45-4)39-31(26)41)25-6-5-15-36-30(25)40(18-21-7-11-23(42-2)12-8-21)19-22-9-13-24(43-3)14-10-22/h5-15,20H,16-19H2,1-4H3. The van der Waals surface area contributed by atoms with E-state index in [-0.39, 0.29) is 22.6 Å². The highest BCUT2D eigenvalue weighted by Crippen LogP contribution is 2.41. The van der Waals surface area contributed by atoms with Gasteiger partial charge in [-0.2, -0.15) is 4.98 Å². The zero-order valence-corrected chi connectivity index (χ0v) is 26.9. The van der Waals surface area contributed by atoms with Gasteiger partial charge in [0.1, 0.15) is 40.6 Å². The Morgan fingerprint density at radius 1 is 0.978 bits per heavy atom. The molecule has 0 saturated carbocycles. The zero-order valence-electron chi connectivity index (χ0n) is 25.3. The second kappa shape index (κ2) is 13.3. The average molecular weight is 647 g/mol. The van der Waals surface area contributed by atoms with Gasteiger partial charge in [-0.05, 0) is 54.6 Å². The lowest BCUT2D eigenvalue weighted by Crippen LogP contribution is -2.33. The lowest BCUT2D eigenvalue weighted by Gasteiger charge is -2.33. The summed E-state index contributed by atoms with van der Waals surface area (Å²) in [5, 5.41) is 0.548. The first-order valence-corrected chi connectivity index (χ1v) is 16.0. The largest absolute Gasteiger partial charge is 0.497 e. The van der Waals surface area contributed by atoms with Gasteiger partial charge in [0, 0.05) is 24.8 Å². The molecule has 0 saturated heterocycles. The predicted molar refractivity (Wildman–Crippen MR) is 175 cm³/mol. The molecule has 232 valence electrons. The minimum atomic E-state index is -0.695. The van der Waals surface area contributed by atoms with E-state index >= 15 is 4.39 Å². The van der Waals surface area contributed by atoms with E-state index in [2.05, 4.69) is 57.0 Å². The Kier molecular flexibility index (Phi) is 9.09. The number of aromatic nitrogens is 4. The topological polar surface area (TPSA) is 85.7 Å². The molecule has 1 aliphatic heterocycles. The molecule has 12 heteroatoms. The highest BCUT2D eigenvalue weighted by atomic mass is 35.5. The molecule has 4 heterocycles. The van der Waals surface area contributed by atoms with E-state index in [9.17, 15) is 0 Å². The average Bonchev–Trinajstić information content (AvgIpc) is 3.26. The van der Waals surface area contributed by atoms with Gasteiger partial charge in [0.05, 0.1) is 26.8 Å². The fraction of sp³-hybridized carbons (Fsp3) is 0.273. The van der Waals surface area contributed by atoms with E-state index in [0.29, 0.717) is 42.6 Å². The quantitative estimate of drug-likeness (QED) is 0.0888. The molecule has 0 bridgehead atoms. The molecule has 5 aromatic rings. The van der Waals surface area contributed by atoms with Gasteiger partial charge in [0.25, 0.3) is 0 Å². The lowest BCUT2D eigenvalue weighted by molar-refractivity contribution is 0.316. The van der Waals surface area contributed by atoms with Crippen LogP contribution < -0.4 is 24.0 Å². The molecule has 0 fully saturated rings. The van der Waals surface area contributed by atoms with Gasteiger partial charge in [0.2, 0.25) is 5.88 Å². The maximum Gasteiger partial charge on any atom is 0.228 e. The number of pyridine rings is 2. The first-order valence-electron chi connectivity index (χ1n) is 14.4. The molecule has 1 atom stereocenters. The molecule has 9 nitrogen and oxygen atoms in total. The number of hydrogen-bond acceptors (Lipinski definition) is 10. The summed E-state index contributed by atoms with van der Waals surface area (Å²) in [6.07, 6.45) is 3.66. The Bertz CT molecular complexity index is 1760. The highest BCUT2D eigenvalue weighted by Gasteiger charge is 2.31. The summed E-state index contributed by atoms with van der Waals surface area (Å²) in [6.45, 7) is 4.07. The zero-order chi connectivity index (χ0) is 31.5. The SMILES string of the molecule is COc1ccc(CN(Cc2ccc(OC)cc2)c2ncccc2C(C)N2CCOc3nc(Cl)c(F)c4nc(SC)nc2c34)cc1. The maximum atomic E-state index is 15.3. The molecule has 2 aromatic carbocycles. The molecule has 1 aliphatic rings. The molecule has 6 rings (SSSR count). The molecule has 0 radical (unpaired) electrons. The molecule has 45 heavy (non-hydrogen) atoms. The monoisotopic (exact) mass is 646 g/mol. The maximum absolute atomic E-state index is 15.3. The van der Waals surface area contributed by atoms with Crippen LogP contribution in [0.15, 0.2) is 72.0 Å². The molecular formula is C33H32ClFN6O3S. The molecule has 0 spiro atoms. The third kappa shape index (κ3) is 6.27. The predicted octanol–water partition coefficient (Wildman–Crippen LogP) is 7.12. The van der Waals surface area contributed by atoms with Crippen molar-refractivity contribution in [1.82, 2.24) is 19.9 Å². The minimum absolute atomic E-state index is 0.0884. The van der Waals surface area contributed by atoms with Crippen LogP contribution in [0.5, 0.6) is 17.4 Å². The van der Waals surface area contributed by atoms with Crippen molar-refractivity contribution in [2.45, 2.75) is 31.2 Å². The summed E-state index contributed by atoms with van der Waals surface area (Å²) >= 11 is 7.47. The van der Waals surface area contributed by atoms with Crippen LogP contribution in [-0.2, 0) is 13.1 Å². The van der Waals surface area contributed by atoms with E-state index in [1.165, 1.54) is 11.8 Å². The molecule has 1 unspecified atom stereocenters. The normalized spacial score (nSPS) is 13.2. The van der Waals surface area contributed by atoms with Crippen molar-refractivity contribution in [3.63, 3.8) is 0 Å². The Hall–Kier alpha value is -4.35. The van der Waals surface area contributed by atoms with Crippen molar-refractivity contribution in [3.05, 3.63) is 94.5 Å². The number of ether oxygens (including phenoxy) is 3. The van der Waals surface area contributed by atoms with Gasteiger partial charge in [-0.15, -0.1) is 0 Å². The number of halogens is 2. The highest BCUT2D eigenvalue weighted by molar-refractivity contribution is 7.98. The van der Waals surface area contributed by atoms with Gasteiger partial charge < -0.3 is 24.0 Å². The number of methoxy groups -OCH3 is 2. The summed E-state index contributed by atoms with van der Waals surface area (Å²) in [5.41, 5.74) is 3.27. The fourth-order valence-corrected chi connectivity index (χ4v) is 6.01. The van der Waals surface area contributed by atoms with E-state index in [1.807, 2.05) is 36.6 Å². The Morgan fingerprint density at radius 3 is 2.22 bits per heavy atom. The number of nitrogens with zero attached hydrogens (tertiary/aromatic N) is 6. The molecule has 0 aliphatic carbocycles. The summed E-state index contributed by atoms with van der Waals surface area (Å²) in [5.74, 6) is 2.48. The number of anilines is 2. The Balaban J connectivity index is 1.43. The van der Waals surface area contributed by atoms with Crippen molar-refractivity contribution in [1.29, 1.82) is 0 Å². The molecule has 3 aromatic heterocycles. The Morgan fingerprint density at radius 2 is 1.62 bits per heavy atom. The second-order valence-electron chi connectivity index (χ2n) is 10.5. The molecule has 0 amide bonds. The van der Waals surface area contributed by atoms with E-state index < -0.39 is 5.82 Å². The minimum Gasteiger partial charge on any atom is -0.497 e.